The second-order valence-electron chi connectivity index (χ2n) is 20.5. The number of para-hydroxylation sites is 2. The Labute approximate surface area is 376 Å². The molecule has 0 bridgehead atoms. The van der Waals surface area contributed by atoms with Gasteiger partial charge in [0.25, 0.3) is 0 Å². The Morgan fingerprint density at radius 3 is 1.81 bits per heavy atom. The highest BCUT2D eigenvalue weighted by atomic mass is 15.1. The minimum Gasteiger partial charge on any atom is -0.309 e. The number of hydrogen-bond donors (Lipinski definition) is 0. The summed E-state index contributed by atoms with van der Waals surface area (Å²) in [7, 11) is 0. The first-order valence-corrected chi connectivity index (χ1v) is 24.4. The minimum absolute atomic E-state index is 0.126. The molecule has 6 aliphatic rings. The fraction of sp³-hybridized carbons (Fsp3) is 0.238. The van der Waals surface area contributed by atoms with Gasteiger partial charge in [-0.15, -0.1) is 0 Å². The SMILES string of the molecule is c1ccc(N(c2ccc3c(c2)C2(c4ccccc4-3)C3CC4CC5CC2C453)c2ccccc2-c2cccc3cccc(C4CCCCC4)c23)c(-c2cccc3c2ccc2ccccc23)c1. The molecule has 9 aromatic carbocycles. The molecule has 6 aliphatic carbocycles. The van der Waals surface area contributed by atoms with Gasteiger partial charge in [-0.1, -0.05) is 177 Å². The number of anilines is 3. The summed E-state index contributed by atoms with van der Waals surface area (Å²) in [5.74, 6) is 4.08. The number of benzene rings is 9. The molecule has 4 unspecified atom stereocenters. The van der Waals surface area contributed by atoms with E-state index < -0.39 is 0 Å². The van der Waals surface area contributed by atoms with Crippen LogP contribution in [0, 0.1) is 29.1 Å². The van der Waals surface area contributed by atoms with Crippen LogP contribution in [0.4, 0.5) is 17.1 Å². The minimum atomic E-state index is 0.126. The molecule has 1 nitrogen and oxygen atoms in total. The summed E-state index contributed by atoms with van der Waals surface area (Å²) in [4.78, 5) is 2.66. The van der Waals surface area contributed by atoms with Crippen LogP contribution in [0.5, 0.6) is 0 Å². The van der Waals surface area contributed by atoms with Crippen LogP contribution >= 0.6 is 0 Å². The largest absolute Gasteiger partial charge is 0.309 e. The van der Waals surface area contributed by atoms with Crippen molar-refractivity contribution in [2.24, 2.45) is 29.1 Å². The quantitative estimate of drug-likeness (QED) is 0.151. The van der Waals surface area contributed by atoms with Crippen molar-refractivity contribution < 1.29 is 0 Å². The van der Waals surface area contributed by atoms with Crippen molar-refractivity contribution in [2.45, 2.75) is 62.7 Å². The maximum Gasteiger partial charge on any atom is 0.0540 e. The molecule has 0 aromatic heterocycles. The van der Waals surface area contributed by atoms with Gasteiger partial charge in [-0.25, -0.2) is 0 Å². The van der Waals surface area contributed by atoms with Gasteiger partial charge in [0.2, 0.25) is 0 Å². The number of fused-ring (bicyclic) bond motifs is 11. The molecule has 2 spiro atoms. The Morgan fingerprint density at radius 2 is 1.02 bits per heavy atom. The maximum absolute atomic E-state index is 2.68. The third-order valence-electron chi connectivity index (χ3n) is 18.3. The van der Waals surface area contributed by atoms with Crippen molar-refractivity contribution in [3.8, 4) is 33.4 Å². The molecule has 9 aromatic rings. The zero-order chi connectivity index (χ0) is 41.7. The van der Waals surface area contributed by atoms with Crippen molar-refractivity contribution >= 4 is 49.4 Å². The van der Waals surface area contributed by atoms with E-state index in [9.17, 15) is 0 Å². The molecular weight excluding hydrogens is 771 g/mol. The number of hydrogen-bond acceptors (Lipinski definition) is 1. The van der Waals surface area contributed by atoms with Crippen LogP contribution in [0.1, 0.15) is 74.0 Å². The van der Waals surface area contributed by atoms with Crippen molar-refractivity contribution in [3.05, 3.63) is 199 Å². The Morgan fingerprint density at radius 1 is 0.406 bits per heavy atom. The Bertz CT molecular complexity index is 3390. The average molecular weight is 822 g/mol. The monoisotopic (exact) mass is 821 g/mol. The summed E-state index contributed by atoms with van der Waals surface area (Å²) in [6.45, 7) is 0. The van der Waals surface area contributed by atoms with E-state index in [1.54, 1.807) is 11.1 Å². The molecule has 0 radical (unpaired) electrons. The Balaban J connectivity index is 0.986. The standard InChI is InChI=1S/C63H51N/c1-2-15-39(16-3-1)46-24-12-18-41-19-13-27-54(61(41)46)53-23-8-11-30-58(53)64(57-29-10-7-22-52(57)48-26-14-25-47-45-20-5-4-17-40(45)31-33-49(47)48)44-32-34-51-50-21-6-9-28-55(50)63(56(51)38-44)59-36-42-35-43-37-60(63)62(42,43)59/h4-14,17-34,38-39,42-43,59-60H,1-3,15-16,35-37H2. The van der Waals surface area contributed by atoms with Crippen LogP contribution in [-0.2, 0) is 5.41 Å². The lowest BCUT2D eigenvalue weighted by Crippen LogP contribution is -2.88. The van der Waals surface area contributed by atoms with Crippen LogP contribution in [0.3, 0.4) is 0 Å². The fourth-order valence-corrected chi connectivity index (χ4v) is 15.9. The van der Waals surface area contributed by atoms with Gasteiger partial charge in [-0.2, -0.15) is 0 Å². The molecular formula is C63H51N. The lowest BCUT2D eigenvalue weighted by molar-refractivity contribution is -0.412. The van der Waals surface area contributed by atoms with E-state index in [1.807, 2.05) is 0 Å². The third kappa shape index (κ3) is 4.41. The Hall–Kier alpha value is -6.44. The van der Waals surface area contributed by atoms with Gasteiger partial charge in [-0.3, -0.25) is 0 Å². The highest BCUT2D eigenvalue weighted by Gasteiger charge is 2.90. The van der Waals surface area contributed by atoms with Gasteiger partial charge in [0, 0.05) is 22.2 Å². The third-order valence-corrected chi connectivity index (χ3v) is 18.3. The van der Waals surface area contributed by atoms with E-state index in [-0.39, 0.29) is 5.41 Å². The average Bonchev–Trinajstić information content (AvgIpc) is 3.63. The molecule has 64 heavy (non-hydrogen) atoms. The normalized spacial score (nSPS) is 25.7. The molecule has 0 amide bonds. The lowest BCUT2D eigenvalue weighted by atomic mass is 9.11. The summed E-state index contributed by atoms with van der Waals surface area (Å²) < 4.78 is 0. The smallest absolute Gasteiger partial charge is 0.0540 e. The zero-order valence-corrected chi connectivity index (χ0v) is 36.3. The summed E-state index contributed by atoms with van der Waals surface area (Å²) in [6, 6.07) is 70.4. The summed E-state index contributed by atoms with van der Waals surface area (Å²) in [5.41, 5.74) is 17.3. The fourth-order valence-electron chi connectivity index (χ4n) is 15.9. The maximum atomic E-state index is 2.68. The van der Waals surface area contributed by atoms with E-state index in [2.05, 4.69) is 187 Å². The highest BCUT2D eigenvalue weighted by Crippen LogP contribution is 2.94. The van der Waals surface area contributed by atoms with Crippen molar-refractivity contribution in [3.63, 3.8) is 0 Å². The number of rotatable bonds is 6. The Kier molecular flexibility index (Phi) is 7.35. The van der Waals surface area contributed by atoms with Crippen LogP contribution in [0.2, 0.25) is 0 Å². The van der Waals surface area contributed by atoms with Gasteiger partial charge in [0.1, 0.15) is 0 Å². The molecule has 0 heterocycles. The predicted octanol–water partition coefficient (Wildman–Crippen LogP) is 16.9. The molecule has 1 heteroatoms. The predicted molar refractivity (Wildman–Crippen MR) is 267 cm³/mol. The van der Waals surface area contributed by atoms with Gasteiger partial charge >= 0.3 is 0 Å². The van der Waals surface area contributed by atoms with E-state index in [0.717, 1.165) is 23.7 Å². The van der Waals surface area contributed by atoms with Crippen molar-refractivity contribution in [1.82, 2.24) is 0 Å². The molecule has 0 N–H and O–H groups in total. The molecule has 4 atom stereocenters. The first kappa shape index (κ1) is 36.0. The number of nitrogens with zero attached hydrogens (tertiary/aromatic N) is 1. The molecule has 0 aliphatic heterocycles. The lowest BCUT2D eigenvalue weighted by Gasteiger charge is -2.92. The second-order valence-corrected chi connectivity index (χ2v) is 20.5. The second kappa shape index (κ2) is 13.1. The first-order chi connectivity index (χ1) is 31.7. The zero-order valence-electron chi connectivity index (χ0n) is 36.3. The summed E-state index contributed by atoms with van der Waals surface area (Å²) in [5, 5.41) is 7.94. The molecule has 5 fully saturated rings. The summed E-state index contributed by atoms with van der Waals surface area (Å²) >= 11 is 0. The molecule has 308 valence electrons. The van der Waals surface area contributed by atoms with Crippen LogP contribution < -0.4 is 4.90 Å². The van der Waals surface area contributed by atoms with Crippen LogP contribution in [-0.4, -0.2) is 0 Å². The van der Waals surface area contributed by atoms with Gasteiger partial charge in [0.05, 0.1) is 11.4 Å². The van der Waals surface area contributed by atoms with Gasteiger partial charge in [-0.05, 0) is 163 Å². The highest BCUT2D eigenvalue weighted by molar-refractivity contribution is 6.13. The van der Waals surface area contributed by atoms with E-state index in [0.29, 0.717) is 11.3 Å². The summed E-state index contributed by atoms with van der Waals surface area (Å²) in [6.07, 6.45) is 10.8. The van der Waals surface area contributed by atoms with E-state index in [4.69, 9.17) is 0 Å². The molecule has 5 saturated carbocycles. The van der Waals surface area contributed by atoms with Crippen molar-refractivity contribution in [2.75, 3.05) is 4.90 Å². The molecule has 15 rings (SSSR count). The van der Waals surface area contributed by atoms with Gasteiger partial charge < -0.3 is 4.90 Å². The first-order valence-electron chi connectivity index (χ1n) is 24.4. The van der Waals surface area contributed by atoms with Gasteiger partial charge in [0.15, 0.2) is 0 Å². The topological polar surface area (TPSA) is 3.24 Å². The molecule has 0 saturated heterocycles. The van der Waals surface area contributed by atoms with Crippen LogP contribution in [0.25, 0.3) is 65.7 Å². The van der Waals surface area contributed by atoms with E-state index >= 15 is 0 Å². The van der Waals surface area contributed by atoms with E-state index in [1.165, 1.54) is 140 Å². The van der Waals surface area contributed by atoms with Crippen molar-refractivity contribution in [1.29, 1.82) is 0 Å². The van der Waals surface area contributed by atoms with Crippen LogP contribution in [0.15, 0.2) is 182 Å².